The molecule has 166 valence electrons. The Morgan fingerprint density at radius 3 is 2.71 bits per heavy atom. The third kappa shape index (κ3) is 7.32. The molecule has 10 heteroatoms. The summed E-state index contributed by atoms with van der Waals surface area (Å²) in [4.78, 5) is 44.6. The van der Waals surface area contributed by atoms with Crippen molar-refractivity contribution in [1.29, 1.82) is 0 Å². The molecule has 1 fully saturated rings. The number of para-hydroxylation sites is 1. The number of benzene rings is 1. The van der Waals surface area contributed by atoms with E-state index in [-0.39, 0.29) is 36.0 Å². The Morgan fingerprint density at radius 2 is 2.00 bits per heavy atom. The summed E-state index contributed by atoms with van der Waals surface area (Å²) in [5, 5.41) is 3.34. The molecule has 2 aromatic rings. The molecular formula is C21H26N4O5S. The second kappa shape index (κ2) is 11.4. The van der Waals surface area contributed by atoms with Gasteiger partial charge in [0.2, 0.25) is 5.91 Å². The van der Waals surface area contributed by atoms with Crippen LogP contribution in [0, 0.1) is 0 Å². The first-order valence-electron chi connectivity index (χ1n) is 10.2. The summed E-state index contributed by atoms with van der Waals surface area (Å²) in [6, 6.07) is 10.7. The van der Waals surface area contributed by atoms with Crippen LogP contribution in [-0.4, -0.2) is 58.4 Å². The first-order chi connectivity index (χ1) is 15.0. The Balaban J connectivity index is 1.44. The fraction of sp³-hybridized carbons (Fsp3) is 0.429. The van der Waals surface area contributed by atoms with E-state index in [0.29, 0.717) is 49.1 Å². The van der Waals surface area contributed by atoms with Gasteiger partial charge in [-0.2, -0.15) is 0 Å². The molecule has 2 N–H and O–H groups in total. The van der Waals surface area contributed by atoms with Crippen LogP contribution < -0.4 is 15.6 Å². The number of nitrogens with one attached hydrogen (secondary N) is 2. The molecule has 0 bridgehead atoms. The zero-order chi connectivity index (χ0) is 22.1. The number of aromatic amines is 1. The third-order valence-electron chi connectivity index (χ3n) is 4.63. The minimum Gasteiger partial charge on any atom is -0.487 e. The number of rotatable bonds is 8. The van der Waals surface area contributed by atoms with E-state index in [4.69, 9.17) is 9.47 Å². The number of hydrogen-bond donors (Lipinski definition) is 2. The molecule has 9 nitrogen and oxygen atoms in total. The molecule has 3 rings (SSSR count). The van der Waals surface area contributed by atoms with Gasteiger partial charge in [0.15, 0.2) is 5.16 Å². The average molecular weight is 447 g/mol. The summed E-state index contributed by atoms with van der Waals surface area (Å²) in [5.41, 5.74) is 0.192. The molecule has 0 radical (unpaired) electrons. The zero-order valence-electron chi connectivity index (χ0n) is 17.3. The quantitative estimate of drug-likeness (QED) is 0.472. The highest BCUT2D eigenvalue weighted by atomic mass is 32.2. The van der Waals surface area contributed by atoms with Crippen LogP contribution in [0.2, 0.25) is 0 Å². The van der Waals surface area contributed by atoms with E-state index in [1.54, 1.807) is 11.8 Å². The van der Waals surface area contributed by atoms with Gasteiger partial charge in [-0.1, -0.05) is 30.0 Å². The van der Waals surface area contributed by atoms with Crippen molar-refractivity contribution in [2.45, 2.75) is 37.6 Å². The lowest BCUT2D eigenvalue weighted by molar-refractivity contribution is -0.119. The number of likely N-dealkylation sites (tertiary alicyclic amines) is 1. The average Bonchev–Trinajstić information content (AvgIpc) is 2.77. The number of ether oxygens (including phenoxy) is 2. The van der Waals surface area contributed by atoms with Crippen molar-refractivity contribution < 1.29 is 19.1 Å². The van der Waals surface area contributed by atoms with Crippen molar-refractivity contribution >= 4 is 23.8 Å². The van der Waals surface area contributed by atoms with E-state index in [9.17, 15) is 14.4 Å². The van der Waals surface area contributed by atoms with Crippen molar-refractivity contribution in [3.8, 4) is 5.75 Å². The lowest BCUT2D eigenvalue weighted by Gasteiger charge is -2.31. The predicted octanol–water partition coefficient (Wildman–Crippen LogP) is 2.18. The van der Waals surface area contributed by atoms with Crippen LogP contribution in [-0.2, 0) is 16.1 Å². The number of carbonyl (C=O) groups excluding carboxylic acids is 2. The normalized spacial score (nSPS) is 14.2. The van der Waals surface area contributed by atoms with Gasteiger partial charge in [0.1, 0.15) is 12.4 Å². The minimum atomic E-state index is -0.311. The van der Waals surface area contributed by atoms with Crippen LogP contribution in [0.1, 0.15) is 25.5 Å². The van der Waals surface area contributed by atoms with Gasteiger partial charge in [-0.3, -0.25) is 9.59 Å². The summed E-state index contributed by atoms with van der Waals surface area (Å²) >= 11 is 1.16. The number of hydrogen-bond acceptors (Lipinski definition) is 7. The number of thioether (sulfide) groups is 1. The topological polar surface area (TPSA) is 114 Å². The first kappa shape index (κ1) is 22.7. The molecule has 31 heavy (non-hydrogen) atoms. The van der Waals surface area contributed by atoms with Crippen molar-refractivity contribution in [3.63, 3.8) is 0 Å². The summed E-state index contributed by atoms with van der Waals surface area (Å²) < 4.78 is 10.6. The number of nitrogens with zero attached hydrogens (tertiary/aromatic N) is 2. The highest BCUT2D eigenvalue weighted by Crippen LogP contribution is 2.15. The Hall–Kier alpha value is -3.01. The molecule has 1 aromatic carbocycles. The third-order valence-corrected chi connectivity index (χ3v) is 5.50. The summed E-state index contributed by atoms with van der Waals surface area (Å²) in [6.07, 6.45) is 1.04. The van der Waals surface area contributed by atoms with Gasteiger partial charge in [0, 0.05) is 25.2 Å². The smallest absolute Gasteiger partial charge is 0.409 e. The molecule has 2 amide bonds. The molecule has 2 heterocycles. The molecule has 1 aliphatic heterocycles. The van der Waals surface area contributed by atoms with Gasteiger partial charge in [0.05, 0.1) is 18.1 Å². The minimum absolute atomic E-state index is 0.0105. The van der Waals surface area contributed by atoms with Crippen LogP contribution in [0.3, 0.4) is 0 Å². The second-order valence-electron chi connectivity index (χ2n) is 6.96. The largest absolute Gasteiger partial charge is 0.487 e. The van der Waals surface area contributed by atoms with Crippen LogP contribution in [0.25, 0.3) is 0 Å². The SMILES string of the molecule is CCOC(=O)N1CCC(NC(=O)CSc2nc(COc3ccccc3)cc(=O)[nH]2)CC1. The Morgan fingerprint density at radius 1 is 1.26 bits per heavy atom. The van der Waals surface area contributed by atoms with E-state index in [0.717, 1.165) is 11.8 Å². The number of aromatic nitrogens is 2. The van der Waals surface area contributed by atoms with Crippen molar-refractivity contribution in [2.24, 2.45) is 0 Å². The maximum absolute atomic E-state index is 12.3. The van der Waals surface area contributed by atoms with Crippen molar-refractivity contribution in [1.82, 2.24) is 20.2 Å². The highest BCUT2D eigenvalue weighted by Gasteiger charge is 2.24. The Kier molecular flexibility index (Phi) is 8.34. The number of amides is 2. The monoisotopic (exact) mass is 446 g/mol. The molecular weight excluding hydrogens is 420 g/mol. The van der Waals surface area contributed by atoms with Crippen LogP contribution in [0.15, 0.2) is 46.3 Å². The lowest BCUT2D eigenvalue weighted by atomic mass is 10.1. The summed E-state index contributed by atoms with van der Waals surface area (Å²) in [5.74, 6) is 0.671. The maximum Gasteiger partial charge on any atom is 0.409 e. The maximum atomic E-state index is 12.3. The number of H-pyrrole nitrogens is 1. The van der Waals surface area contributed by atoms with E-state index in [2.05, 4.69) is 15.3 Å². The molecule has 0 spiro atoms. The van der Waals surface area contributed by atoms with E-state index in [1.165, 1.54) is 6.07 Å². The van der Waals surface area contributed by atoms with Crippen molar-refractivity contribution in [2.75, 3.05) is 25.4 Å². The molecule has 0 atom stereocenters. The Labute approximate surface area is 184 Å². The molecule has 1 aromatic heterocycles. The summed E-state index contributed by atoms with van der Waals surface area (Å²) in [6.45, 7) is 3.39. The predicted molar refractivity (Wildman–Crippen MR) is 116 cm³/mol. The Bertz CT molecular complexity index is 929. The van der Waals surface area contributed by atoms with E-state index < -0.39 is 0 Å². The van der Waals surface area contributed by atoms with Gasteiger partial charge in [0.25, 0.3) is 5.56 Å². The zero-order valence-corrected chi connectivity index (χ0v) is 18.2. The van der Waals surface area contributed by atoms with Gasteiger partial charge in [-0.05, 0) is 31.9 Å². The lowest BCUT2D eigenvalue weighted by Crippen LogP contribution is -2.47. The first-order valence-corrected chi connectivity index (χ1v) is 11.1. The highest BCUT2D eigenvalue weighted by molar-refractivity contribution is 7.99. The fourth-order valence-electron chi connectivity index (χ4n) is 3.12. The number of carbonyl (C=O) groups is 2. The fourth-order valence-corrected chi connectivity index (χ4v) is 3.83. The van der Waals surface area contributed by atoms with Gasteiger partial charge < -0.3 is 24.7 Å². The molecule has 1 aliphatic rings. The summed E-state index contributed by atoms with van der Waals surface area (Å²) in [7, 11) is 0. The molecule has 0 saturated carbocycles. The van der Waals surface area contributed by atoms with Gasteiger partial charge in [-0.15, -0.1) is 0 Å². The second-order valence-corrected chi connectivity index (χ2v) is 7.92. The molecule has 0 unspecified atom stereocenters. The number of piperidine rings is 1. The van der Waals surface area contributed by atoms with Gasteiger partial charge >= 0.3 is 6.09 Å². The standard InChI is InChI=1S/C21H26N4O5S/c1-2-29-21(28)25-10-8-15(9-11-25)22-19(27)14-31-20-23-16(12-18(26)24-20)13-30-17-6-4-3-5-7-17/h3-7,12,15H,2,8-11,13-14H2,1H3,(H,22,27)(H,23,24,26). The van der Waals surface area contributed by atoms with Crippen LogP contribution >= 0.6 is 11.8 Å². The van der Waals surface area contributed by atoms with E-state index in [1.807, 2.05) is 30.3 Å². The molecule has 1 saturated heterocycles. The van der Waals surface area contributed by atoms with Crippen LogP contribution in [0.4, 0.5) is 4.79 Å². The van der Waals surface area contributed by atoms with Gasteiger partial charge in [-0.25, -0.2) is 9.78 Å². The van der Waals surface area contributed by atoms with E-state index >= 15 is 0 Å². The van der Waals surface area contributed by atoms with Crippen molar-refractivity contribution in [3.05, 3.63) is 52.4 Å². The van der Waals surface area contributed by atoms with Crippen LogP contribution in [0.5, 0.6) is 5.75 Å². The molecule has 0 aliphatic carbocycles.